The molecule has 0 radical (unpaired) electrons. The number of pyridine rings is 2. The van der Waals surface area contributed by atoms with Gasteiger partial charge in [-0.3, -0.25) is 9.97 Å². The summed E-state index contributed by atoms with van der Waals surface area (Å²) in [6.07, 6.45) is 4.16. The predicted octanol–water partition coefficient (Wildman–Crippen LogP) is 5.14. The van der Waals surface area contributed by atoms with Gasteiger partial charge in [0.25, 0.3) is 0 Å². The van der Waals surface area contributed by atoms with Gasteiger partial charge in [0.05, 0.1) is 18.1 Å². The van der Waals surface area contributed by atoms with Gasteiger partial charge in [-0.1, -0.05) is 26.0 Å². The lowest BCUT2D eigenvalue weighted by Gasteiger charge is -2.12. The van der Waals surface area contributed by atoms with Crippen LogP contribution in [0.2, 0.25) is 0 Å². The Labute approximate surface area is 172 Å². The number of halogens is 2. The molecule has 4 aromatic rings. The molecular weight excluding hydrogens is 386 g/mol. The Morgan fingerprint density at radius 2 is 1.63 bits per heavy atom. The highest BCUT2D eigenvalue weighted by atomic mass is 19.1. The van der Waals surface area contributed by atoms with Gasteiger partial charge in [0.1, 0.15) is 17.2 Å². The van der Waals surface area contributed by atoms with Crippen molar-refractivity contribution < 1.29 is 8.78 Å². The molecule has 0 bridgehead atoms. The molecule has 0 saturated heterocycles. The summed E-state index contributed by atoms with van der Waals surface area (Å²) in [5, 5.41) is 11.2. The van der Waals surface area contributed by atoms with Gasteiger partial charge in [0, 0.05) is 23.0 Å². The van der Waals surface area contributed by atoms with Gasteiger partial charge >= 0.3 is 0 Å². The van der Waals surface area contributed by atoms with Crippen molar-refractivity contribution in [2.75, 3.05) is 5.32 Å². The molecule has 1 N–H and O–H groups in total. The maximum absolute atomic E-state index is 14.5. The number of benzene rings is 1. The fourth-order valence-electron chi connectivity index (χ4n) is 2.92. The average molecular weight is 404 g/mol. The van der Waals surface area contributed by atoms with E-state index in [1.165, 1.54) is 18.3 Å². The quantitative estimate of drug-likeness (QED) is 0.496. The summed E-state index contributed by atoms with van der Waals surface area (Å²) in [4.78, 5) is 12.6. The van der Waals surface area contributed by atoms with Crippen molar-refractivity contribution in [2.45, 2.75) is 19.8 Å². The van der Waals surface area contributed by atoms with Crippen molar-refractivity contribution in [2.24, 2.45) is 0 Å². The number of anilines is 2. The number of hydrogen-bond donors (Lipinski definition) is 1. The van der Waals surface area contributed by atoms with Gasteiger partial charge in [0.2, 0.25) is 5.95 Å². The standard InChI is InChI=1S/C22H18F2N6/c1-13(2)19-8-7-14(11-26-19)27-22-28-20(15-5-3-4-6-17(15)23)21(29-30-22)16-9-10-25-12-18(16)24/h3-13H,1-2H3,(H,27,28,30). The van der Waals surface area contributed by atoms with E-state index in [1.807, 2.05) is 12.1 Å². The van der Waals surface area contributed by atoms with Crippen LogP contribution in [0.3, 0.4) is 0 Å². The molecule has 0 aliphatic rings. The second-order valence-corrected chi connectivity index (χ2v) is 6.92. The van der Waals surface area contributed by atoms with Gasteiger partial charge in [-0.15, -0.1) is 10.2 Å². The van der Waals surface area contributed by atoms with E-state index in [0.29, 0.717) is 11.6 Å². The molecule has 3 heterocycles. The van der Waals surface area contributed by atoms with Crippen LogP contribution in [-0.4, -0.2) is 25.1 Å². The smallest absolute Gasteiger partial charge is 0.247 e. The zero-order chi connectivity index (χ0) is 21.1. The molecule has 4 rings (SSSR count). The van der Waals surface area contributed by atoms with E-state index < -0.39 is 11.6 Å². The Kier molecular flexibility index (Phi) is 5.38. The number of nitrogens with one attached hydrogen (secondary N) is 1. The molecule has 1 aromatic carbocycles. The summed E-state index contributed by atoms with van der Waals surface area (Å²) in [5.41, 5.74) is 2.23. The van der Waals surface area contributed by atoms with E-state index >= 15 is 0 Å². The second kappa shape index (κ2) is 8.28. The Morgan fingerprint density at radius 3 is 2.33 bits per heavy atom. The van der Waals surface area contributed by atoms with E-state index in [1.54, 1.807) is 24.4 Å². The van der Waals surface area contributed by atoms with Crippen LogP contribution in [0.4, 0.5) is 20.4 Å². The average Bonchev–Trinajstić information content (AvgIpc) is 2.75. The first-order chi connectivity index (χ1) is 14.5. The van der Waals surface area contributed by atoms with Crippen LogP contribution in [0.1, 0.15) is 25.5 Å². The minimum absolute atomic E-state index is 0.124. The monoisotopic (exact) mass is 404 g/mol. The topological polar surface area (TPSA) is 76.5 Å². The third kappa shape index (κ3) is 3.98. The van der Waals surface area contributed by atoms with Crippen LogP contribution >= 0.6 is 0 Å². The fraction of sp³-hybridized carbons (Fsp3) is 0.136. The van der Waals surface area contributed by atoms with Gasteiger partial charge in [0.15, 0.2) is 5.82 Å². The Bertz CT molecular complexity index is 1180. The number of hydrogen-bond acceptors (Lipinski definition) is 6. The summed E-state index contributed by atoms with van der Waals surface area (Å²) in [5.74, 6) is -0.646. The number of nitrogens with zero attached hydrogens (tertiary/aromatic N) is 5. The predicted molar refractivity (Wildman–Crippen MR) is 110 cm³/mol. The molecule has 0 spiro atoms. The van der Waals surface area contributed by atoms with Crippen molar-refractivity contribution in [3.05, 3.63) is 78.4 Å². The van der Waals surface area contributed by atoms with E-state index in [-0.39, 0.29) is 28.5 Å². The van der Waals surface area contributed by atoms with Gasteiger partial charge in [-0.25, -0.2) is 13.8 Å². The molecule has 0 unspecified atom stereocenters. The molecule has 0 atom stereocenters. The van der Waals surface area contributed by atoms with Crippen LogP contribution in [0, 0.1) is 11.6 Å². The van der Waals surface area contributed by atoms with Gasteiger partial charge in [-0.05, 0) is 36.2 Å². The third-order valence-electron chi connectivity index (χ3n) is 4.48. The largest absolute Gasteiger partial charge is 0.321 e. The zero-order valence-electron chi connectivity index (χ0n) is 16.3. The zero-order valence-corrected chi connectivity index (χ0v) is 16.3. The molecule has 3 aromatic heterocycles. The first kappa shape index (κ1) is 19.5. The van der Waals surface area contributed by atoms with E-state index in [4.69, 9.17) is 0 Å². The maximum Gasteiger partial charge on any atom is 0.247 e. The van der Waals surface area contributed by atoms with Crippen LogP contribution in [-0.2, 0) is 0 Å². The molecule has 150 valence electrons. The van der Waals surface area contributed by atoms with Crippen molar-refractivity contribution >= 4 is 11.6 Å². The lowest BCUT2D eigenvalue weighted by molar-refractivity contribution is 0.623. The Balaban J connectivity index is 1.78. The molecular formula is C22H18F2N6. The van der Waals surface area contributed by atoms with Crippen LogP contribution in [0.25, 0.3) is 22.5 Å². The highest BCUT2D eigenvalue weighted by molar-refractivity contribution is 5.78. The molecule has 0 aliphatic heterocycles. The molecule has 8 heteroatoms. The SMILES string of the molecule is CC(C)c1ccc(Nc2nnc(-c3ccncc3F)c(-c3ccccc3F)n2)cn1. The van der Waals surface area contributed by atoms with Gasteiger partial charge in [-0.2, -0.15) is 0 Å². The molecule has 0 amide bonds. The minimum atomic E-state index is -0.597. The first-order valence-electron chi connectivity index (χ1n) is 9.35. The van der Waals surface area contributed by atoms with Crippen molar-refractivity contribution in [3.8, 4) is 22.5 Å². The highest BCUT2D eigenvalue weighted by Gasteiger charge is 2.19. The molecule has 0 fully saturated rings. The third-order valence-corrected chi connectivity index (χ3v) is 4.48. The molecule has 0 aliphatic carbocycles. The van der Waals surface area contributed by atoms with Crippen molar-refractivity contribution in [1.82, 2.24) is 25.1 Å². The lowest BCUT2D eigenvalue weighted by Crippen LogP contribution is -2.05. The molecule has 6 nitrogen and oxygen atoms in total. The van der Waals surface area contributed by atoms with Crippen LogP contribution < -0.4 is 5.32 Å². The second-order valence-electron chi connectivity index (χ2n) is 6.92. The van der Waals surface area contributed by atoms with E-state index in [9.17, 15) is 8.78 Å². The van der Waals surface area contributed by atoms with Gasteiger partial charge < -0.3 is 5.32 Å². The highest BCUT2D eigenvalue weighted by Crippen LogP contribution is 2.32. The molecule has 30 heavy (non-hydrogen) atoms. The van der Waals surface area contributed by atoms with Crippen molar-refractivity contribution in [3.63, 3.8) is 0 Å². The summed E-state index contributed by atoms with van der Waals surface area (Å²) in [6.45, 7) is 4.11. The van der Waals surface area contributed by atoms with E-state index in [2.05, 4.69) is 44.3 Å². The minimum Gasteiger partial charge on any atom is -0.321 e. The number of rotatable bonds is 5. The van der Waals surface area contributed by atoms with Crippen molar-refractivity contribution in [1.29, 1.82) is 0 Å². The van der Waals surface area contributed by atoms with Crippen LogP contribution in [0.5, 0.6) is 0 Å². The summed E-state index contributed by atoms with van der Waals surface area (Å²) in [7, 11) is 0. The molecule has 0 saturated carbocycles. The Morgan fingerprint density at radius 1 is 0.833 bits per heavy atom. The lowest BCUT2D eigenvalue weighted by atomic mass is 10.0. The summed E-state index contributed by atoms with van der Waals surface area (Å²) in [6, 6.07) is 11.3. The summed E-state index contributed by atoms with van der Waals surface area (Å²) < 4.78 is 28.9. The first-order valence-corrected chi connectivity index (χ1v) is 9.35. The Hall–Kier alpha value is -3.81. The maximum atomic E-state index is 14.5. The number of aromatic nitrogens is 5. The normalized spacial score (nSPS) is 11.0. The summed E-state index contributed by atoms with van der Waals surface area (Å²) >= 11 is 0. The fourth-order valence-corrected chi connectivity index (χ4v) is 2.92. The van der Waals surface area contributed by atoms with E-state index in [0.717, 1.165) is 11.9 Å². The van der Waals surface area contributed by atoms with Crippen LogP contribution in [0.15, 0.2) is 61.1 Å².